The molecule has 0 amide bonds. The van der Waals surface area contributed by atoms with E-state index in [9.17, 15) is 35.9 Å². The quantitative estimate of drug-likeness (QED) is 0.282. The van der Waals surface area contributed by atoms with Gasteiger partial charge in [-0.25, -0.2) is 9.59 Å². The molecule has 2 N–H and O–H groups in total. The molecule has 252 valence electrons. The van der Waals surface area contributed by atoms with E-state index in [0.717, 1.165) is 24.3 Å². The SMILES string of the molecule is CC(C)Oc1c(Cl)cc2c(c1Cl)C=C(C(=O)O)C(C(F)(F)F)O2.CC(C)Oc1c(Cl)cc2c(c1Cl)C=C(C(=O)O)[C@H](C(F)(F)F)O2. The normalized spacial score (nSPS) is 17.4. The molecule has 2 heterocycles. The molecule has 2 aromatic rings. The smallest absolute Gasteiger partial charge is 0.430 e. The van der Waals surface area contributed by atoms with E-state index in [1.807, 2.05) is 0 Å². The molecular weight excluding hydrogens is 720 g/mol. The molecule has 0 saturated carbocycles. The highest BCUT2D eigenvalue weighted by molar-refractivity contribution is 6.39. The first-order valence-electron chi connectivity index (χ1n) is 12.8. The zero-order valence-corrected chi connectivity index (χ0v) is 26.8. The van der Waals surface area contributed by atoms with Crippen LogP contribution in [-0.2, 0) is 9.59 Å². The largest absolute Gasteiger partial charge is 0.488 e. The maximum Gasteiger partial charge on any atom is 0.430 e. The van der Waals surface area contributed by atoms with Crippen molar-refractivity contribution < 1.29 is 65.1 Å². The number of ether oxygens (including phenoxy) is 4. The molecule has 0 bridgehead atoms. The molecule has 0 aromatic heterocycles. The monoisotopic (exact) mass is 740 g/mol. The fraction of sp³-hybridized carbons (Fsp3) is 0.357. The minimum absolute atomic E-state index is 0.0235. The summed E-state index contributed by atoms with van der Waals surface area (Å²) in [6.45, 7) is 6.84. The number of aliphatic carboxylic acids is 2. The van der Waals surface area contributed by atoms with Crippen LogP contribution in [0.4, 0.5) is 26.3 Å². The number of alkyl halides is 6. The maximum absolute atomic E-state index is 13.0. The number of hydrogen-bond donors (Lipinski definition) is 2. The lowest BCUT2D eigenvalue weighted by Crippen LogP contribution is -2.40. The van der Waals surface area contributed by atoms with Crippen LogP contribution in [-0.4, -0.2) is 58.9 Å². The van der Waals surface area contributed by atoms with Gasteiger partial charge in [0.2, 0.25) is 12.2 Å². The third-order valence-corrected chi connectivity index (χ3v) is 7.11. The summed E-state index contributed by atoms with van der Waals surface area (Å²) in [5.74, 6) is -3.92. The van der Waals surface area contributed by atoms with Crippen LogP contribution in [0, 0.1) is 0 Å². The van der Waals surface area contributed by atoms with Crippen LogP contribution in [0.1, 0.15) is 38.8 Å². The van der Waals surface area contributed by atoms with Crippen molar-refractivity contribution in [1.82, 2.24) is 0 Å². The second-order valence-electron chi connectivity index (χ2n) is 10.0. The van der Waals surface area contributed by atoms with Gasteiger partial charge >= 0.3 is 24.3 Å². The highest BCUT2D eigenvalue weighted by Crippen LogP contribution is 2.48. The minimum atomic E-state index is -4.89. The van der Waals surface area contributed by atoms with E-state index in [1.54, 1.807) is 27.7 Å². The molecule has 2 aromatic carbocycles. The highest BCUT2D eigenvalue weighted by Gasteiger charge is 2.50. The van der Waals surface area contributed by atoms with E-state index in [1.165, 1.54) is 0 Å². The fourth-order valence-corrected chi connectivity index (χ4v) is 5.18. The first kappa shape index (κ1) is 37.3. The van der Waals surface area contributed by atoms with E-state index in [0.29, 0.717) is 0 Å². The van der Waals surface area contributed by atoms with Crippen molar-refractivity contribution >= 4 is 70.5 Å². The van der Waals surface area contributed by atoms with E-state index in [2.05, 4.69) is 0 Å². The van der Waals surface area contributed by atoms with Crippen LogP contribution >= 0.6 is 46.4 Å². The number of rotatable bonds is 6. The summed E-state index contributed by atoms with van der Waals surface area (Å²) < 4.78 is 98.3. The number of benzene rings is 2. The Balaban J connectivity index is 0.000000250. The molecule has 46 heavy (non-hydrogen) atoms. The molecular formula is C28H22Cl4F6O8. The maximum atomic E-state index is 13.0. The minimum Gasteiger partial charge on any atom is -0.488 e. The number of fused-ring (bicyclic) bond motifs is 2. The van der Waals surface area contributed by atoms with Crippen molar-refractivity contribution in [3.63, 3.8) is 0 Å². The Morgan fingerprint density at radius 3 is 1.24 bits per heavy atom. The Morgan fingerprint density at radius 1 is 0.696 bits per heavy atom. The van der Waals surface area contributed by atoms with Crippen molar-refractivity contribution in [2.24, 2.45) is 0 Å². The van der Waals surface area contributed by atoms with Crippen LogP contribution in [0.15, 0.2) is 23.3 Å². The Morgan fingerprint density at radius 2 is 1.00 bits per heavy atom. The molecule has 4 rings (SSSR count). The number of carbonyl (C=O) groups is 2. The summed E-state index contributed by atoms with van der Waals surface area (Å²) in [4.78, 5) is 22.2. The van der Waals surface area contributed by atoms with Gasteiger partial charge in [-0.2, -0.15) is 26.3 Å². The molecule has 0 fully saturated rings. The molecule has 2 aliphatic rings. The van der Waals surface area contributed by atoms with Crippen LogP contribution in [0.3, 0.4) is 0 Å². The lowest BCUT2D eigenvalue weighted by molar-refractivity contribution is -0.187. The zero-order chi connectivity index (χ0) is 35.0. The van der Waals surface area contributed by atoms with E-state index in [-0.39, 0.29) is 66.4 Å². The first-order chi connectivity index (χ1) is 21.0. The van der Waals surface area contributed by atoms with Crippen molar-refractivity contribution in [3.05, 3.63) is 54.5 Å². The molecule has 8 nitrogen and oxygen atoms in total. The van der Waals surface area contributed by atoms with Gasteiger partial charge in [-0.3, -0.25) is 0 Å². The molecule has 18 heteroatoms. The van der Waals surface area contributed by atoms with Gasteiger partial charge in [-0.1, -0.05) is 46.4 Å². The average molecular weight is 742 g/mol. The predicted molar refractivity (Wildman–Crippen MR) is 157 cm³/mol. The third-order valence-electron chi connectivity index (χ3n) is 5.80. The van der Waals surface area contributed by atoms with Crippen molar-refractivity contribution in [2.75, 3.05) is 0 Å². The summed E-state index contributed by atoms with van der Waals surface area (Å²) >= 11 is 24.1. The van der Waals surface area contributed by atoms with Gasteiger partial charge in [-0.15, -0.1) is 0 Å². The van der Waals surface area contributed by atoms with Crippen LogP contribution < -0.4 is 18.9 Å². The second-order valence-corrected chi connectivity index (χ2v) is 11.6. The van der Waals surface area contributed by atoms with Crippen molar-refractivity contribution in [3.8, 4) is 23.0 Å². The Kier molecular flexibility index (Phi) is 11.2. The van der Waals surface area contributed by atoms with Crippen LogP contribution in [0.2, 0.25) is 20.1 Å². The summed E-state index contributed by atoms with van der Waals surface area (Å²) in [6, 6.07) is 2.24. The molecule has 2 atom stereocenters. The Labute approximate surface area is 277 Å². The number of hydrogen-bond acceptors (Lipinski definition) is 6. The van der Waals surface area contributed by atoms with Gasteiger partial charge in [0.05, 0.1) is 43.4 Å². The fourth-order valence-electron chi connectivity index (χ4n) is 4.02. The third kappa shape index (κ3) is 8.20. The Hall–Kier alpha value is -3.20. The lowest BCUT2D eigenvalue weighted by Gasteiger charge is -2.28. The van der Waals surface area contributed by atoms with Gasteiger partial charge in [-0.05, 0) is 39.8 Å². The molecule has 0 radical (unpaired) electrons. The average Bonchev–Trinajstić information content (AvgIpc) is 2.91. The summed E-state index contributed by atoms with van der Waals surface area (Å²) in [7, 11) is 0. The molecule has 2 aliphatic heterocycles. The van der Waals surface area contributed by atoms with Crippen LogP contribution in [0.5, 0.6) is 23.0 Å². The van der Waals surface area contributed by atoms with E-state index in [4.69, 9.17) is 75.6 Å². The summed E-state index contributed by atoms with van der Waals surface area (Å²) in [5.41, 5.74) is -1.98. The van der Waals surface area contributed by atoms with Gasteiger partial charge < -0.3 is 29.2 Å². The van der Waals surface area contributed by atoms with Gasteiger partial charge in [0.25, 0.3) is 0 Å². The van der Waals surface area contributed by atoms with Crippen LogP contribution in [0.25, 0.3) is 12.2 Å². The van der Waals surface area contributed by atoms with E-state index >= 15 is 0 Å². The first-order valence-corrected chi connectivity index (χ1v) is 14.3. The van der Waals surface area contributed by atoms with Crippen molar-refractivity contribution in [1.29, 1.82) is 0 Å². The van der Waals surface area contributed by atoms with E-state index < -0.39 is 47.6 Å². The topological polar surface area (TPSA) is 112 Å². The van der Waals surface area contributed by atoms with Crippen molar-refractivity contribution in [2.45, 2.75) is 64.5 Å². The number of carboxylic acids is 2. The number of carboxylic acid groups (broad SMARTS) is 2. The van der Waals surface area contributed by atoms with Gasteiger partial charge in [0.1, 0.15) is 11.5 Å². The zero-order valence-electron chi connectivity index (χ0n) is 23.7. The molecule has 1 unspecified atom stereocenters. The Bertz CT molecular complexity index is 1480. The highest BCUT2D eigenvalue weighted by atomic mass is 35.5. The predicted octanol–water partition coefficient (Wildman–Crippen LogP) is 9.14. The standard InChI is InChI=1S/2C14H11Cl2F3O4/c2*1-5(2)22-11-8(15)4-9-6(10(11)16)3-7(13(20)21)12(23-9)14(17,18)19/h2*3-5,12H,1-2H3,(H,20,21)/t12-;/m1./s1. The molecule has 0 aliphatic carbocycles. The van der Waals surface area contributed by atoms with Gasteiger partial charge in [0.15, 0.2) is 11.5 Å². The summed E-state index contributed by atoms with van der Waals surface area (Å²) in [6.07, 6.45) is -13.9. The number of halogens is 10. The van der Waals surface area contributed by atoms with Gasteiger partial charge in [0, 0.05) is 23.3 Å². The molecule has 0 spiro atoms. The second kappa shape index (κ2) is 13.9. The lowest BCUT2D eigenvalue weighted by atomic mass is 10.0. The molecule has 0 saturated heterocycles. The summed E-state index contributed by atoms with van der Waals surface area (Å²) in [5, 5.41) is 17.7.